The summed E-state index contributed by atoms with van der Waals surface area (Å²) in [6.07, 6.45) is 4.00. The molecule has 0 unspecified atom stereocenters. The topological polar surface area (TPSA) is 0 Å². The van der Waals surface area contributed by atoms with Gasteiger partial charge in [-0.2, -0.15) is 42.2 Å². The molecule has 0 radical (unpaired) electrons. The normalized spacial score (nSPS) is 9.92. The fraction of sp³-hybridized carbons (Fsp3) is 0.118. The molecule has 0 saturated heterocycles. The molecule has 4 heteroatoms. The summed E-state index contributed by atoms with van der Waals surface area (Å²) in [5.41, 5.74) is 1.27. The second kappa shape index (κ2) is 19.1. The van der Waals surface area contributed by atoms with Crippen molar-refractivity contribution in [2.75, 3.05) is 18.6 Å². The van der Waals surface area contributed by atoms with E-state index < -0.39 is 0 Å². The first-order valence-electron chi connectivity index (χ1n) is 12.4. The van der Waals surface area contributed by atoms with Crippen LogP contribution in [0, 0.1) is 13.0 Å². The number of hydrogen-bond acceptors (Lipinski definition) is 1. The van der Waals surface area contributed by atoms with Gasteiger partial charge in [0.05, 0.1) is 0 Å². The molecule has 0 aliphatic heterocycles. The van der Waals surface area contributed by atoms with Gasteiger partial charge in [0.2, 0.25) is 0 Å². The Hall–Kier alpha value is -2.03. The van der Waals surface area contributed by atoms with Crippen LogP contribution in [-0.4, -0.2) is 18.6 Å². The van der Waals surface area contributed by atoms with Crippen molar-refractivity contribution < 1.29 is 20.4 Å². The fourth-order valence-corrected chi connectivity index (χ4v) is 9.29. The third kappa shape index (κ3) is 10.6. The molecule has 0 bridgehead atoms. The summed E-state index contributed by atoms with van der Waals surface area (Å²) in [5, 5.41) is 5.89. The third-order valence-electron chi connectivity index (χ3n) is 5.68. The molecular weight excluding hydrogens is 609 g/mol. The maximum Gasteiger partial charge on any atom is 2.00 e. The van der Waals surface area contributed by atoms with Gasteiger partial charge in [-0.05, 0) is 49.4 Å². The fourth-order valence-electron chi connectivity index (χ4n) is 3.93. The van der Waals surface area contributed by atoms with E-state index >= 15 is 0 Å². The van der Waals surface area contributed by atoms with E-state index in [0.717, 1.165) is 0 Å². The average Bonchev–Trinajstić information content (AvgIpc) is 2.99. The van der Waals surface area contributed by atoms with Crippen molar-refractivity contribution in [1.29, 1.82) is 0 Å². The molecule has 0 nitrogen and oxygen atoms in total. The van der Waals surface area contributed by atoms with Gasteiger partial charge in [0.1, 0.15) is 0 Å². The molecule has 196 valence electrons. The van der Waals surface area contributed by atoms with Crippen molar-refractivity contribution in [1.82, 2.24) is 0 Å². The summed E-state index contributed by atoms with van der Waals surface area (Å²) < 4.78 is 0. The Balaban J connectivity index is 0.000000436. The summed E-state index contributed by atoms with van der Waals surface area (Å²) in [4.78, 5) is 0. The minimum atomic E-state index is -0.348. The van der Waals surface area contributed by atoms with Crippen LogP contribution in [0.1, 0.15) is 5.56 Å². The Bertz CT molecular complexity index is 1080. The SMILES string of the molecule is C[S-].Cc1c[c-]ccc1.[Pd+2].c1ccc(P(CCP(c2ccccc2)c2ccccc2)c2ccccc2)cc1. The molecule has 0 fully saturated rings. The van der Waals surface area contributed by atoms with E-state index in [-0.39, 0.29) is 36.3 Å². The van der Waals surface area contributed by atoms with Gasteiger partial charge in [-0.25, -0.2) is 0 Å². The molecule has 0 atom stereocenters. The minimum absolute atomic E-state index is 0. The van der Waals surface area contributed by atoms with Crippen LogP contribution < -0.4 is 21.2 Å². The van der Waals surface area contributed by atoms with Crippen LogP contribution in [0.15, 0.2) is 146 Å². The summed E-state index contributed by atoms with van der Waals surface area (Å²) >= 11 is 4.08. The van der Waals surface area contributed by atoms with E-state index in [4.69, 9.17) is 0 Å². The van der Waals surface area contributed by atoms with Gasteiger partial charge in [0, 0.05) is 0 Å². The molecule has 0 N–H and O–H groups in total. The second-order valence-corrected chi connectivity index (χ2v) is 12.9. The standard InChI is InChI=1S/C26H24P2.C7H7.CH4S.Pd/c1-5-13-23(14-6-1)27(24-15-7-2-8-16-24)21-22-28(25-17-9-3-10-18-25)26-19-11-4-12-20-26;1-7-5-3-2-4-6-7;1-2;/h1-20H,21-22H2;2-3,5-6H,1H3;2H,1H3;/q;-1;;+2/p-1. The predicted octanol–water partition coefficient (Wildman–Crippen LogP) is 7.21. The van der Waals surface area contributed by atoms with Gasteiger partial charge in [0.25, 0.3) is 0 Å². The summed E-state index contributed by atoms with van der Waals surface area (Å²) in [6.45, 7) is 2.05. The number of rotatable bonds is 7. The van der Waals surface area contributed by atoms with Gasteiger partial charge in [-0.3, -0.25) is 0 Å². The average molecular weight is 643 g/mol. The summed E-state index contributed by atoms with van der Waals surface area (Å²) in [7, 11) is -0.696. The van der Waals surface area contributed by atoms with Crippen molar-refractivity contribution >= 4 is 49.7 Å². The Labute approximate surface area is 251 Å². The number of aryl methyl sites for hydroxylation is 1. The largest absolute Gasteiger partial charge is 2.00 e. The van der Waals surface area contributed by atoms with Crippen molar-refractivity contribution in [2.45, 2.75) is 6.92 Å². The van der Waals surface area contributed by atoms with Gasteiger partial charge < -0.3 is 12.6 Å². The third-order valence-corrected chi connectivity index (χ3v) is 11.1. The molecule has 0 aliphatic rings. The Morgan fingerprint density at radius 2 is 0.816 bits per heavy atom. The van der Waals surface area contributed by atoms with E-state index in [1.807, 2.05) is 18.2 Å². The van der Waals surface area contributed by atoms with Crippen LogP contribution >= 0.6 is 15.8 Å². The van der Waals surface area contributed by atoms with Gasteiger partial charge in [-0.15, -0.1) is 0 Å². The van der Waals surface area contributed by atoms with Crippen LogP contribution in [0.5, 0.6) is 0 Å². The zero-order valence-electron chi connectivity index (χ0n) is 21.9. The van der Waals surface area contributed by atoms with Gasteiger partial charge in [-0.1, -0.05) is 128 Å². The minimum Gasteiger partial charge on any atom is -0.796 e. The summed E-state index contributed by atoms with van der Waals surface area (Å²) in [6, 6.07) is 55.1. The van der Waals surface area contributed by atoms with E-state index in [0.29, 0.717) is 0 Å². The van der Waals surface area contributed by atoms with Crippen molar-refractivity contribution in [3.63, 3.8) is 0 Å². The zero-order valence-corrected chi connectivity index (χ0v) is 26.0. The van der Waals surface area contributed by atoms with Crippen LogP contribution in [0.2, 0.25) is 0 Å². The Morgan fingerprint density at radius 1 is 0.500 bits per heavy atom. The Kier molecular flexibility index (Phi) is 16.2. The molecule has 0 aromatic heterocycles. The molecule has 0 amide bonds. The molecule has 0 aliphatic carbocycles. The van der Waals surface area contributed by atoms with Crippen LogP contribution in [0.25, 0.3) is 0 Å². The van der Waals surface area contributed by atoms with E-state index in [1.165, 1.54) is 39.1 Å². The predicted molar refractivity (Wildman–Crippen MR) is 171 cm³/mol. The first kappa shape index (κ1) is 32.2. The molecule has 5 rings (SSSR count). The molecule has 0 saturated carbocycles. The quantitative estimate of drug-likeness (QED) is 0.0783. The van der Waals surface area contributed by atoms with Gasteiger partial charge in [0.15, 0.2) is 0 Å². The molecule has 5 aromatic rings. The van der Waals surface area contributed by atoms with Crippen molar-refractivity contribution in [3.8, 4) is 0 Å². The smallest absolute Gasteiger partial charge is 0.796 e. The van der Waals surface area contributed by atoms with Crippen LogP contribution in [0.4, 0.5) is 0 Å². The molecule has 5 aromatic carbocycles. The molecular formula is C34H34P2PdS. The molecule has 0 spiro atoms. The number of hydrogen-bond donors (Lipinski definition) is 0. The molecule has 38 heavy (non-hydrogen) atoms. The van der Waals surface area contributed by atoms with Crippen molar-refractivity contribution in [3.05, 3.63) is 157 Å². The second-order valence-electron chi connectivity index (χ2n) is 8.23. The first-order valence-corrected chi connectivity index (χ1v) is 16.3. The van der Waals surface area contributed by atoms with E-state index in [2.05, 4.69) is 153 Å². The molecule has 0 heterocycles. The van der Waals surface area contributed by atoms with Crippen LogP contribution in [-0.2, 0) is 33.1 Å². The monoisotopic (exact) mass is 642 g/mol. The van der Waals surface area contributed by atoms with Crippen molar-refractivity contribution in [2.24, 2.45) is 0 Å². The maximum atomic E-state index is 4.08. The zero-order chi connectivity index (χ0) is 26.1. The maximum absolute atomic E-state index is 4.08. The van der Waals surface area contributed by atoms with Gasteiger partial charge >= 0.3 is 20.4 Å². The first-order chi connectivity index (χ1) is 18.3. The van der Waals surface area contributed by atoms with E-state index in [9.17, 15) is 0 Å². The number of benzene rings is 5. The summed E-state index contributed by atoms with van der Waals surface area (Å²) in [5.74, 6) is 0. The van der Waals surface area contributed by atoms with E-state index in [1.54, 1.807) is 6.26 Å². The van der Waals surface area contributed by atoms with Crippen LogP contribution in [0.3, 0.4) is 0 Å². The Morgan fingerprint density at radius 3 is 1.03 bits per heavy atom.